The number of aryl methyl sites for hydroxylation is 2. The molecular formula is C27H28FN5O3. The molecule has 2 aromatic heterocycles. The summed E-state index contributed by atoms with van der Waals surface area (Å²) in [6.45, 7) is 5.70. The molecule has 0 bridgehead atoms. The number of rotatable bonds is 7. The number of hydrogen-bond donors (Lipinski definition) is 3. The Morgan fingerprint density at radius 3 is 2.50 bits per heavy atom. The van der Waals surface area contributed by atoms with Crippen molar-refractivity contribution in [1.29, 1.82) is 0 Å². The molecule has 0 fully saturated rings. The van der Waals surface area contributed by atoms with Crippen molar-refractivity contribution in [2.45, 2.75) is 32.6 Å². The number of benzene rings is 2. The van der Waals surface area contributed by atoms with Gasteiger partial charge in [-0.15, -0.1) is 0 Å². The predicted octanol–water partition coefficient (Wildman–Crippen LogP) is 3.73. The summed E-state index contributed by atoms with van der Waals surface area (Å²) in [4.78, 5) is 25.1. The average molecular weight is 490 g/mol. The van der Waals surface area contributed by atoms with E-state index in [9.17, 15) is 19.1 Å². The van der Waals surface area contributed by atoms with Crippen molar-refractivity contribution in [3.8, 4) is 11.3 Å². The molecule has 0 aliphatic heterocycles. The second kappa shape index (κ2) is 9.87. The summed E-state index contributed by atoms with van der Waals surface area (Å²) in [5.74, 6) is -1.07. The van der Waals surface area contributed by atoms with E-state index < -0.39 is 17.1 Å². The van der Waals surface area contributed by atoms with Crippen LogP contribution in [0.2, 0.25) is 0 Å². The van der Waals surface area contributed by atoms with Gasteiger partial charge in [-0.2, -0.15) is 10.2 Å². The Hall–Kier alpha value is -4.11. The molecule has 2 aromatic carbocycles. The van der Waals surface area contributed by atoms with E-state index in [0.717, 1.165) is 17.0 Å². The minimum Gasteiger partial charge on any atom is -0.395 e. The van der Waals surface area contributed by atoms with Gasteiger partial charge in [-0.3, -0.25) is 14.3 Å². The van der Waals surface area contributed by atoms with Crippen LogP contribution in [0, 0.1) is 12.7 Å². The molecule has 1 amide bonds. The normalized spacial score (nSPS) is 11.5. The molecule has 36 heavy (non-hydrogen) atoms. The van der Waals surface area contributed by atoms with Crippen LogP contribution in [0.25, 0.3) is 11.3 Å². The molecule has 2 heterocycles. The fraction of sp³-hybridized carbons (Fsp3) is 0.259. The molecule has 0 spiro atoms. The first-order chi connectivity index (χ1) is 17.1. The third kappa shape index (κ3) is 5.26. The monoisotopic (exact) mass is 489 g/mol. The number of amides is 1. The van der Waals surface area contributed by atoms with E-state index in [4.69, 9.17) is 0 Å². The van der Waals surface area contributed by atoms with Crippen molar-refractivity contribution in [3.63, 3.8) is 0 Å². The number of nitrogens with one attached hydrogen (secondary N) is 2. The Kier molecular flexibility index (Phi) is 6.85. The molecule has 0 unspecified atom stereocenters. The zero-order valence-electron chi connectivity index (χ0n) is 20.6. The lowest BCUT2D eigenvalue weighted by atomic mass is 9.85. The topological polar surface area (TPSA) is 113 Å². The fourth-order valence-corrected chi connectivity index (χ4v) is 3.78. The van der Waals surface area contributed by atoms with Crippen LogP contribution < -0.4 is 10.9 Å². The highest BCUT2D eigenvalue weighted by molar-refractivity contribution is 6.04. The van der Waals surface area contributed by atoms with E-state index in [1.807, 2.05) is 33.9 Å². The van der Waals surface area contributed by atoms with Crippen molar-refractivity contribution in [2.75, 3.05) is 11.9 Å². The first-order valence-corrected chi connectivity index (χ1v) is 11.5. The number of anilines is 1. The number of aliphatic hydroxyl groups excluding tert-OH is 1. The summed E-state index contributed by atoms with van der Waals surface area (Å²) < 4.78 is 16.3. The molecule has 4 rings (SSSR count). The number of halogens is 1. The molecule has 0 atom stereocenters. The van der Waals surface area contributed by atoms with E-state index >= 15 is 0 Å². The number of aromatic amines is 1. The van der Waals surface area contributed by atoms with Crippen LogP contribution >= 0.6 is 0 Å². The number of H-pyrrole nitrogens is 1. The SMILES string of the molecule is Cc1cc(Cc2cc(-c3ccc(F)c(NC(=O)c4ccc(C(C)(C)CO)cc4)c3)n[nH]c2=O)nn1C. The Morgan fingerprint density at radius 2 is 1.86 bits per heavy atom. The summed E-state index contributed by atoms with van der Waals surface area (Å²) >= 11 is 0. The smallest absolute Gasteiger partial charge is 0.267 e. The van der Waals surface area contributed by atoms with E-state index in [1.54, 1.807) is 35.0 Å². The van der Waals surface area contributed by atoms with Crippen LogP contribution in [0.15, 0.2) is 59.4 Å². The largest absolute Gasteiger partial charge is 0.395 e. The standard InChI is InChI=1S/C27H28FN5O3/c1-16-11-21(32-33(16)4)12-19-14-23(30-31-26(19)36)18-7-10-22(28)24(13-18)29-25(35)17-5-8-20(9-6-17)27(2,3)15-34/h5-11,13-14,34H,12,15H2,1-4H3,(H,29,35)(H,31,36). The van der Waals surface area contributed by atoms with Gasteiger partial charge < -0.3 is 10.4 Å². The highest BCUT2D eigenvalue weighted by atomic mass is 19.1. The van der Waals surface area contributed by atoms with Gasteiger partial charge in [-0.05, 0) is 55.0 Å². The van der Waals surface area contributed by atoms with E-state index in [0.29, 0.717) is 28.8 Å². The Morgan fingerprint density at radius 1 is 1.14 bits per heavy atom. The lowest BCUT2D eigenvalue weighted by Crippen LogP contribution is -2.22. The maximum atomic E-state index is 14.6. The molecule has 0 aliphatic carbocycles. The number of carbonyl (C=O) groups is 1. The first-order valence-electron chi connectivity index (χ1n) is 11.5. The quantitative estimate of drug-likeness (QED) is 0.366. The van der Waals surface area contributed by atoms with E-state index in [1.165, 1.54) is 18.2 Å². The van der Waals surface area contributed by atoms with Crippen molar-refractivity contribution in [3.05, 3.63) is 98.8 Å². The van der Waals surface area contributed by atoms with Crippen LogP contribution in [0.5, 0.6) is 0 Å². The molecule has 186 valence electrons. The lowest BCUT2D eigenvalue weighted by molar-refractivity contribution is 0.102. The number of aliphatic hydroxyl groups is 1. The predicted molar refractivity (Wildman–Crippen MR) is 136 cm³/mol. The van der Waals surface area contributed by atoms with Gasteiger partial charge >= 0.3 is 0 Å². The van der Waals surface area contributed by atoms with Crippen LogP contribution in [0.4, 0.5) is 10.1 Å². The van der Waals surface area contributed by atoms with Crippen molar-refractivity contribution in [1.82, 2.24) is 20.0 Å². The summed E-state index contributed by atoms with van der Waals surface area (Å²) in [5, 5.41) is 23.1. The third-order valence-corrected chi connectivity index (χ3v) is 6.25. The van der Waals surface area contributed by atoms with Crippen LogP contribution in [-0.4, -0.2) is 37.6 Å². The van der Waals surface area contributed by atoms with Gasteiger partial charge in [0.25, 0.3) is 11.5 Å². The van der Waals surface area contributed by atoms with Crippen molar-refractivity contribution in [2.24, 2.45) is 7.05 Å². The first kappa shape index (κ1) is 25.0. The third-order valence-electron chi connectivity index (χ3n) is 6.25. The van der Waals surface area contributed by atoms with Crippen molar-refractivity contribution < 1.29 is 14.3 Å². The van der Waals surface area contributed by atoms with Crippen LogP contribution in [-0.2, 0) is 18.9 Å². The van der Waals surface area contributed by atoms with Crippen LogP contribution in [0.3, 0.4) is 0 Å². The zero-order valence-corrected chi connectivity index (χ0v) is 20.6. The highest BCUT2D eigenvalue weighted by Crippen LogP contribution is 2.26. The van der Waals surface area contributed by atoms with Gasteiger partial charge in [0.1, 0.15) is 5.82 Å². The van der Waals surface area contributed by atoms with Crippen molar-refractivity contribution >= 4 is 11.6 Å². The van der Waals surface area contributed by atoms with Crippen LogP contribution in [0.1, 0.15) is 46.7 Å². The lowest BCUT2D eigenvalue weighted by Gasteiger charge is -2.22. The molecule has 4 aromatic rings. The second-order valence-electron chi connectivity index (χ2n) is 9.45. The summed E-state index contributed by atoms with van der Waals surface area (Å²) in [6.07, 6.45) is 0.320. The zero-order chi connectivity index (χ0) is 26.0. The van der Waals surface area contributed by atoms with Gasteiger partial charge in [0.15, 0.2) is 0 Å². The molecule has 9 heteroatoms. The minimum absolute atomic E-state index is 0.00725. The minimum atomic E-state index is -0.598. The summed E-state index contributed by atoms with van der Waals surface area (Å²) in [5.41, 5.74) is 3.62. The molecule has 8 nitrogen and oxygen atoms in total. The fourth-order valence-electron chi connectivity index (χ4n) is 3.78. The number of carbonyl (C=O) groups excluding carboxylic acids is 1. The molecule has 0 radical (unpaired) electrons. The molecule has 3 N–H and O–H groups in total. The van der Waals surface area contributed by atoms with Gasteiger partial charge in [-0.1, -0.05) is 26.0 Å². The van der Waals surface area contributed by atoms with E-state index in [2.05, 4.69) is 20.6 Å². The Labute approximate surface area is 207 Å². The number of aromatic nitrogens is 4. The maximum absolute atomic E-state index is 14.6. The number of hydrogen-bond acceptors (Lipinski definition) is 5. The van der Waals surface area contributed by atoms with Gasteiger partial charge in [-0.25, -0.2) is 9.49 Å². The number of nitrogens with zero attached hydrogens (tertiary/aromatic N) is 3. The highest BCUT2D eigenvalue weighted by Gasteiger charge is 2.20. The molecule has 0 saturated carbocycles. The maximum Gasteiger partial charge on any atom is 0.267 e. The second-order valence-corrected chi connectivity index (χ2v) is 9.45. The summed E-state index contributed by atoms with van der Waals surface area (Å²) in [6, 6.07) is 14.6. The molecular weight excluding hydrogens is 461 g/mol. The molecule has 0 aliphatic rings. The van der Waals surface area contributed by atoms with Gasteiger partial charge in [0.05, 0.1) is 23.7 Å². The Bertz CT molecular complexity index is 1450. The summed E-state index contributed by atoms with van der Waals surface area (Å²) in [7, 11) is 1.83. The van der Waals surface area contributed by atoms with E-state index in [-0.39, 0.29) is 17.9 Å². The molecule has 0 saturated heterocycles. The average Bonchev–Trinajstić information content (AvgIpc) is 3.18. The van der Waals surface area contributed by atoms with Gasteiger partial charge in [0, 0.05) is 41.3 Å². The van der Waals surface area contributed by atoms with Gasteiger partial charge in [0.2, 0.25) is 0 Å². The Balaban J connectivity index is 1.57.